The number of fused-ring (bicyclic) bond motifs is 1. The van der Waals surface area contributed by atoms with Crippen molar-refractivity contribution in [2.45, 2.75) is 52.6 Å². The van der Waals surface area contributed by atoms with E-state index in [1.165, 1.54) is 0 Å². The first-order valence-corrected chi connectivity index (χ1v) is 10.6. The highest BCUT2D eigenvalue weighted by Gasteiger charge is 2.34. The van der Waals surface area contributed by atoms with Crippen molar-refractivity contribution in [3.63, 3.8) is 0 Å². The number of hydrogen-bond donors (Lipinski definition) is 1. The van der Waals surface area contributed by atoms with Crippen LogP contribution in [0.25, 0.3) is 0 Å². The summed E-state index contributed by atoms with van der Waals surface area (Å²) >= 11 is 0. The standard InChI is InChI=1S/C22H33N3O3/c1-4-18-15-25(19-7-5-6-8-20(19)28-18)22(27)24-13-10-17(11-14-24)21(26)23-12-9-16(2)3/h5-8,16-18H,4,9-15H2,1-3H3,(H,23,26)/t18-/m0/s1. The monoisotopic (exact) mass is 387 g/mol. The van der Waals surface area contributed by atoms with Gasteiger partial charge in [0.15, 0.2) is 0 Å². The zero-order valence-corrected chi connectivity index (χ0v) is 17.3. The van der Waals surface area contributed by atoms with Gasteiger partial charge in [-0.25, -0.2) is 4.79 Å². The van der Waals surface area contributed by atoms with Crippen LogP contribution in [0.3, 0.4) is 0 Å². The second-order valence-corrected chi connectivity index (χ2v) is 8.24. The van der Waals surface area contributed by atoms with Crippen LogP contribution in [-0.4, -0.2) is 49.1 Å². The number of piperidine rings is 1. The first-order valence-electron chi connectivity index (χ1n) is 10.6. The molecule has 6 heteroatoms. The minimum atomic E-state index is 0.0107. The maximum atomic E-state index is 13.2. The van der Waals surface area contributed by atoms with Crippen molar-refractivity contribution in [2.75, 3.05) is 31.1 Å². The lowest BCUT2D eigenvalue weighted by atomic mass is 9.96. The molecule has 0 radical (unpaired) electrons. The summed E-state index contributed by atoms with van der Waals surface area (Å²) in [4.78, 5) is 29.3. The molecule has 1 atom stereocenters. The molecule has 0 saturated carbocycles. The number of nitrogens with zero attached hydrogens (tertiary/aromatic N) is 2. The molecule has 0 aromatic heterocycles. The number of hydrogen-bond acceptors (Lipinski definition) is 3. The number of para-hydroxylation sites is 2. The third kappa shape index (κ3) is 4.78. The van der Waals surface area contributed by atoms with Crippen LogP contribution in [0.5, 0.6) is 5.75 Å². The van der Waals surface area contributed by atoms with Crippen LogP contribution in [0.1, 0.15) is 46.5 Å². The second-order valence-electron chi connectivity index (χ2n) is 8.24. The Morgan fingerprint density at radius 1 is 1.21 bits per heavy atom. The van der Waals surface area contributed by atoms with E-state index in [0.717, 1.165) is 43.7 Å². The number of benzene rings is 1. The van der Waals surface area contributed by atoms with Gasteiger partial charge in [0.2, 0.25) is 5.91 Å². The van der Waals surface area contributed by atoms with Crippen LogP contribution >= 0.6 is 0 Å². The van der Waals surface area contributed by atoms with Gasteiger partial charge in [-0.2, -0.15) is 0 Å². The Morgan fingerprint density at radius 3 is 2.61 bits per heavy atom. The molecular formula is C22H33N3O3. The molecule has 1 N–H and O–H groups in total. The average Bonchev–Trinajstić information content (AvgIpc) is 2.72. The first kappa shape index (κ1) is 20.5. The van der Waals surface area contributed by atoms with E-state index in [9.17, 15) is 9.59 Å². The van der Waals surface area contributed by atoms with Gasteiger partial charge in [0.25, 0.3) is 0 Å². The fourth-order valence-electron chi connectivity index (χ4n) is 3.82. The molecule has 1 aromatic carbocycles. The third-order valence-electron chi connectivity index (χ3n) is 5.68. The number of ether oxygens (including phenoxy) is 1. The lowest BCUT2D eigenvalue weighted by Gasteiger charge is -2.39. The second kappa shape index (κ2) is 9.30. The maximum Gasteiger partial charge on any atom is 0.324 e. The number of anilines is 1. The number of amides is 3. The smallest absolute Gasteiger partial charge is 0.324 e. The van der Waals surface area contributed by atoms with Crippen LogP contribution in [0.15, 0.2) is 24.3 Å². The minimum absolute atomic E-state index is 0.0107. The molecule has 1 saturated heterocycles. The van der Waals surface area contributed by atoms with E-state index in [1.54, 1.807) is 0 Å². The molecule has 1 aromatic rings. The molecule has 2 aliphatic rings. The topological polar surface area (TPSA) is 61.9 Å². The Balaban J connectivity index is 1.57. The van der Waals surface area contributed by atoms with E-state index >= 15 is 0 Å². The molecule has 2 heterocycles. The largest absolute Gasteiger partial charge is 0.486 e. The molecule has 1 fully saturated rings. The Labute approximate surface area is 168 Å². The van der Waals surface area contributed by atoms with Gasteiger partial charge < -0.3 is 15.0 Å². The summed E-state index contributed by atoms with van der Waals surface area (Å²) in [6, 6.07) is 7.75. The molecule has 3 amide bonds. The van der Waals surface area contributed by atoms with Crippen molar-refractivity contribution in [1.82, 2.24) is 10.2 Å². The van der Waals surface area contributed by atoms with Gasteiger partial charge in [-0.05, 0) is 43.7 Å². The zero-order chi connectivity index (χ0) is 20.1. The van der Waals surface area contributed by atoms with Gasteiger partial charge in [0.05, 0.1) is 12.2 Å². The molecule has 0 unspecified atom stereocenters. The van der Waals surface area contributed by atoms with Crippen molar-refractivity contribution in [3.05, 3.63) is 24.3 Å². The summed E-state index contributed by atoms with van der Waals surface area (Å²) in [5.41, 5.74) is 0.839. The van der Waals surface area contributed by atoms with Gasteiger partial charge in [0, 0.05) is 25.6 Å². The Kier molecular flexibility index (Phi) is 6.81. The van der Waals surface area contributed by atoms with Crippen molar-refractivity contribution in [2.24, 2.45) is 11.8 Å². The number of urea groups is 1. The quantitative estimate of drug-likeness (QED) is 0.839. The summed E-state index contributed by atoms with van der Waals surface area (Å²) in [5.74, 6) is 1.50. The van der Waals surface area contributed by atoms with Gasteiger partial charge in [-0.1, -0.05) is 32.9 Å². The van der Waals surface area contributed by atoms with Crippen molar-refractivity contribution >= 4 is 17.6 Å². The lowest BCUT2D eigenvalue weighted by molar-refractivity contribution is -0.126. The molecule has 154 valence electrons. The SMILES string of the molecule is CC[C@H]1CN(C(=O)N2CCC(C(=O)NCCC(C)C)CC2)c2ccccc2O1. The van der Waals surface area contributed by atoms with E-state index in [4.69, 9.17) is 4.74 Å². The van der Waals surface area contributed by atoms with Crippen LogP contribution < -0.4 is 15.0 Å². The average molecular weight is 388 g/mol. The predicted molar refractivity (Wildman–Crippen MR) is 111 cm³/mol. The molecule has 0 bridgehead atoms. The fourth-order valence-corrected chi connectivity index (χ4v) is 3.82. The fraction of sp³-hybridized carbons (Fsp3) is 0.636. The normalized spacial score (nSPS) is 19.9. The lowest BCUT2D eigenvalue weighted by Crippen LogP contribution is -2.52. The van der Waals surface area contributed by atoms with Crippen molar-refractivity contribution in [3.8, 4) is 5.75 Å². The van der Waals surface area contributed by atoms with E-state index in [-0.39, 0.29) is 24.0 Å². The molecule has 0 spiro atoms. The van der Waals surface area contributed by atoms with E-state index in [1.807, 2.05) is 34.1 Å². The predicted octanol–water partition coefficient (Wildman–Crippen LogP) is 3.66. The van der Waals surface area contributed by atoms with E-state index in [0.29, 0.717) is 25.6 Å². The summed E-state index contributed by atoms with van der Waals surface area (Å²) in [6.07, 6.45) is 3.32. The van der Waals surface area contributed by atoms with Gasteiger partial charge in [-0.3, -0.25) is 9.69 Å². The number of rotatable bonds is 5. The number of carbonyl (C=O) groups is 2. The number of carbonyl (C=O) groups excluding carboxylic acids is 2. The highest BCUT2D eigenvalue weighted by molar-refractivity contribution is 5.94. The van der Waals surface area contributed by atoms with E-state index < -0.39 is 0 Å². The molecule has 6 nitrogen and oxygen atoms in total. The summed E-state index contributed by atoms with van der Waals surface area (Å²) < 4.78 is 5.99. The van der Waals surface area contributed by atoms with Crippen LogP contribution in [0, 0.1) is 11.8 Å². The molecular weight excluding hydrogens is 354 g/mol. The highest BCUT2D eigenvalue weighted by Crippen LogP contribution is 2.34. The van der Waals surface area contributed by atoms with Crippen molar-refractivity contribution in [1.29, 1.82) is 0 Å². The summed E-state index contributed by atoms with van der Waals surface area (Å²) in [7, 11) is 0. The highest BCUT2D eigenvalue weighted by atomic mass is 16.5. The van der Waals surface area contributed by atoms with Crippen molar-refractivity contribution < 1.29 is 14.3 Å². The Bertz CT molecular complexity index is 683. The molecule has 3 rings (SSSR count). The van der Waals surface area contributed by atoms with Gasteiger partial charge in [0.1, 0.15) is 11.9 Å². The number of likely N-dealkylation sites (tertiary alicyclic amines) is 1. The van der Waals surface area contributed by atoms with Crippen LogP contribution in [-0.2, 0) is 4.79 Å². The maximum absolute atomic E-state index is 13.2. The third-order valence-corrected chi connectivity index (χ3v) is 5.68. The summed E-state index contributed by atoms with van der Waals surface area (Å²) in [5, 5.41) is 3.05. The van der Waals surface area contributed by atoms with Crippen LogP contribution in [0.4, 0.5) is 10.5 Å². The molecule has 0 aliphatic carbocycles. The summed E-state index contributed by atoms with van der Waals surface area (Å²) in [6.45, 7) is 8.94. The molecule has 2 aliphatic heterocycles. The van der Waals surface area contributed by atoms with Crippen LogP contribution in [0.2, 0.25) is 0 Å². The minimum Gasteiger partial charge on any atom is -0.486 e. The first-order chi connectivity index (χ1) is 13.5. The zero-order valence-electron chi connectivity index (χ0n) is 17.3. The number of nitrogens with one attached hydrogen (secondary N) is 1. The molecule has 28 heavy (non-hydrogen) atoms. The van der Waals surface area contributed by atoms with Gasteiger partial charge >= 0.3 is 6.03 Å². The van der Waals surface area contributed by atoms with E-state index in [2.05, 4.69) is 26.1 Å². The van der Waals surface area contributed by atoms with Gasteiger partial charge in [-0.15, -0.1) is 0 Å². The Morgan fingerprint density at radius 2 is 1.93 bits per heavy atom. The Hall–Kier alpha value is -2.24.